The van der Waals surface area contributed by atoms with E-state index in [1.165, 1.54) is 10.6 Å². The van der Waals surface area contributed by atoms with Crippen LogP contribution in [0.25, 0.3) is 11.1 Å². The predicted octanol–water partition coefficient (Wildman–Crippen LogP) is 2.66. The molecule has 0 unspecified atom stereocenters. The topological polar surface area (TPSA) is 70.7 Å². The number of halogens is 1. The molecule has 1 amide bonds. The van der Waals surface area contributed by atoms with Gasteiger partial charge in [-0.3, -0.25) is 9.36 Å². The molecule has 29 heavy (non-hydrogen) atoms. The summed E-state index contributed by atoms with van der Waals surface area (Å²) in [4.78, 5) is 28.5. The molecule has 0 bridgehead atoms. The molecule has 0 aliphatic carbocycles. The predicted molar refractivity (Wildman–Crippen MR) is 110 cm³/mol. The highest BCUT2D eigenvalue weighted by Gasteiger charge is 2.19. The molecular weight excluding hydrogens is 375 g/mol. The van der Waals surface area contributed by atoms with Crippen LogP contribution < -0.4 is 16.0 Å². The highest BCUT2D eigenvalue weighted by atomic mass is 19.1. The van der Waals surface area contributed by atoms with Gasteiger partial charge in [0.25, 0.3) is 5.91 Å². The first-order valence-corrected chi connectivity index (χ1v) is 9.64. The Balaban J connectivity index is 1.49. The second kappa shape index (κ2) is 7.71. The van der Waals surface area contributed by atoms with Gasteiger partial charge in [-0.1, -0.05) is 6.92 Å². The largest absolute Gasteiger partial charge is 0.419 e. The standard InChI is InChI=1S/C21H23FN4O3/c1-3-25-8-10-26(11-9-25)17-6-4-14(12-16(17)22)20(27)23-15-5-7-18-19(13-15)29-21(28)24(18)2/h4-7,12-13H,3,8-11H2,1-2H3,(H,23,27). The van der Waals surface area contributed by atoms with E-state index in [0.717, 1.165) is 32.7 Å². The van der Waals surface area contributed by atoms with Gasteiger partial charge in [-0.05, 0) is 36.9 Å². The van der Waals surface area contributed by atoms with Gasteiger partial charge in [0.15, 0.2) is 5.58 Å². The summed E-state index contributed by atoms with van der Waals surface area (Å²) in [5.41, 5.74) is 2.23. The number of nitrogens with one attached hydrogen (secondary N) is 1. The minimum atomic E-state index is -0.471. The number of benzene rings is 2. The average molecular weight is 398 g/mol. The third kappa shape index (κ3) is 3.75. The van der Waals surface area contributed by atoms with E-state index in [2.05, 4.69) is 17.1 Å². The highest BCUT2D eigenvalue weighted by molar-refractivity contribution is 6.05. The van der Waals surface area contributed by atoms with Crippen LogP contribution in [0.2, 0.25) is 0 Å². The van der Waals surface area contributed by atoms with E-state index >= 15 is 0 Å². The molecule has 0 saturated carbocycles. The molecule has 8 heteroatoms. The SMILES string of the molecule is CCN1CCN(c2ccc(C(=O)Nc3ccc4c(c3)oc(=O)n4C)cc2F)CC1. The molecule has 1 aliphatic heterocycles. The zero-order chi connectivity index (χ0) is 20.5. The molecule has 2 heterocycles. The first-order valence-electron chi connectivity index (χ1n) is 9.64. The lowest BCUT2D eigenvalue weighted by Crippen LogP contribution is -2.46. The fourth-order valence-electron chi connectivity index (χ4n) is 3.62. The second-order valence-corrected chi connectivity index (χ2v) is 7.15. The van der Waals surface area contributed by atoms with Crippen molar-refractivity contribution in [1.29, 1.82) is 0 Å². The molecular formula is C21H23FN4O3. The minimum Gasteiger partial charge on any atom is -0.408 e. The van der Waals surface area contributed by atoms with Crippen molar-refractivity contribution < 1.29 is 13.6 Å². The fourth-order valence-corrected chi connectivity index (χ4v) is 3.62. The van der Waals surface area contributed by atoms with Gasteiger partial charge in [0.2, 0.25) is 0 Å². The van der Waals surface area contributed by atoms with E-state index in [1.54, 1.807) is 37.4 Å². The monoisotopic (exact) mass is 398 g/mol. The highest BCUT2D eigenvalue weighted by Crippen LogP contribution is 2.23. The first kappa shape index (κ1) is 19.2. The normalized spacial score (nSPS) is 15.1. The number of hydrogen-bond acceptors (Lipinski definition) is 5. The minimum absolute atomic E-state index is 0.230. The van der Waals surface area contributed by atoms with E-state index in [9.17, 15) is 14.0 Å². The molecule has 152 valence electrons. The average Bonchev–Trinajstić information content (AvgIpc) is 3.01. The first-order chi connectivity index (χ1) is 14.0. The number of amides is 1. The van der Waals surface area contributed by atoms with E-state index in [4.69, 9.17) is 4.42 Å². The van der Waals surface area contributed by atoms with E-state index < -0.39 is 17.5 Å². The molecule has 0 radical (unpaired) electrons. The van der Waals surface area contributed by atoms with Gasteiger partial charge in [-0.2, -0.15) is 0 Å². The summed E-state index contributed by atoms with van der Waals surface area (Å²) in [5, 5.41) is 2.72. The number of rotatable bonds is 4. The fraction of sp³-hybridized carbons (Fsp3) is 0.333. The van der Waals surface area contributed by atoms with Crippen molar-refractivity contribution >= 4 is 28.4 Å². The van der Waals surface area contributed by atoms with Gasteiger partial charge in [0, 0.05) is 50.5 Å². The van der Waals surface area contributed by atoms with E-state index in [-0.39, 0.29) is 5.56 Å². The van der Waals surface area contributed by atoms with Crippen molar-refractivity contribution in [1.82, 2.24) is 9.47 Å². The molecule has 2 aromatic carbocycles. The third-order valence-corrected chi connectivity index (χ3v) is 5.42. The lowest BCUT2D eigenvalue weighted by atomic mass is 10.1. The Morgan fingerprint density at radius 3 is 2.59 bits per heavy atom. The maximum atomic E-state index is 14.7. The molecule has 1 aliphatic rings. The van der Waals surface area contributed by atoms with Crippen molar-refractivity contribution in [2.24, 2.45) is 7.05 Å². The summed E-state index contributed by atoms with van der Waals surface area (Å²) in [6.07, 6.45) is 0. The molecule has 1 saturated heterocycles. The van der Waals surface area contributed by atoms with Crippen LogP contribution in [0.4, 0.5) is 15.8 Å². The Morgan fingerprint density at radius 2 is 1.90 bits per heavy atom. The summed E-state index contributed by atoms with van der Waals surface area (Å²) in [6, 6.07) is 9.49. The number of hydrogen-bond donors (Lipinski definition) is 1. The van der Waals surface area contributed by atoms with Crippen LogP contribution in [0.15, 0.2) is 45.6 Å². The van der Waals surface area contributed by atoms with Crippen LogP contribution in [0, 0.1) is 5.82 Å². The lowest BCUT2D eigenvalue weighted by molar-refractivity contribution is 0.102. The number of anilines is 2. The summed E-state index contributed by atoms with van der Waals surface area (Å²) < 4.78 is 21.2. The van der Waals surface area contributed by atoms with Gasteiger partial charge in [-0.15, -0.1) is 0 Å². The molecule has 4 rings (SSSR count). The van der Waals surface area contributed by atoms with E-state index in [0.29, 0.717) is 22.5 Å². The number of piperazine rings is 1. The number of aryl methyl sites for hydroxylation is 1. The molecule has 3 aromatic rings. The van der Waals surface area contributed by atoms with Crippen LogP contribution in [0.1, 0.15) is 17.3 Å². The summed E-state index contributed by atoms with van der Waals surface area (Å²) in [6.45, 7) is 6.43. The maximum Gasteiger partial charge on any atom is 0.419 e. The zero-order valence-electron chi connectivity index (χ0n) is 16.4. The third-order valence-electron chi connectivity index (χ3n) is 5.42. The van der Waals surface area contributed by atoms with Crippen LogP contribution in [-0.4, -0.2) is 48.1 Å². The molecule has 1 aromatic heterocycles. The zero-order valence-corrected chi connectivity index (χ0v) is 16.4. The van der Waals surface area contributed by atoms with Gasteiger partial charge in [0.05, 0.1) is 11.2 Å². The Hall–Kier alpha value is -3.13. The van der Waals surface area contributed by atoms with Gasteiger partial charge < -0.3 is 19.5 Å². The van der Waals surface area contributed by atoms with Gasteiger partial charge in [-0.25, -0.2) is 9.18 Å². The van der Waals surface area contributed by atoms with Crippen molar-refractivity contribution in [2.45, 2.75) is 6.92 Å². The van der Waals surface area contributed by atoms with Crippen molar-refractivity contribution in [3.05, 3.63) is 58.3 Å². The van der Waals surface area contributed by atoms with Crippen molar-refractivity contribution in [3.8, 4) is 0 Å². The number of likely N-dealkylation sites (N-methyl/N-ethyl adjacent to an activating group) is 1. The quantitative estimate of drug-likeness (QED) is 0.732. The number of oxazole rings is 1. The Kier molecular flexibility index (Phi) is 5.10. The van der Waals surface area contributed by atoms with E-state index in [1.807, 2.05) is 4.90 Å². The van der Waals surface area contributed by atoms with Gasteiger partial charge in [0.1, 0.15) is 5.82 Å². The maximum absolute atomic E-state index is 14.7. The molecule has 1 N–H and O–H groups in total. The summed E-state index contributed by atoms with van der Waals surface area (Å²) in [7, 11) is 1.61. The number of nitrogens with zero attached hydrogens (tertiary/aromatic N) is 3. The van der Waals surface area contributed by atoms with Crippen molar-refractivity contribution in [2.75, 3.05) is 42.9 Å². The Labute approximate surface area is 167 Å². The van der Waals surface area contributed by atoms with Crippen LogP contribution in [-0.2, 0) is 7.05 Å². The molecule has 0 spiro atoms. The number of aromatic nitrogens is 1. The lowest BCUT2D eigenvalue weighted by Gasteiger charge is -2.35. The Bertz CT molecular complexity index is 1110. The van der Waals surface area contributed by atoms with Gasteiger partial charge >= 0.3 is 5.76 Å². The van der Waals surface area contributed by atoms with Crippen LogP contribution in [0.5, 0.6) is 0 Å². The number of carbonyl (C=O) groups excluding carboxylic acids is 1. The van der Waals surface area contributed by atoms with Crippen molar-refractivity contribution in [3.63, 3.8) is 0 Å². The number of fused-ring (bicyclic) bond motifs is 1. The van der Waals surface area contributed by atoms with Crippen LogP contribution in [0.3, 0.4) is 0 Å². The smallest absolute Gasteiger partial charge is 0.408 e. The Morgan fingerprint density at radius 1 is 1.14 bits per heavy atom. The summed E-state index contributed by atoms with van der Waals surface area (Å²) in [5.74, 6) is -1.31. The molecule has 1 fully saturated rings. The number of carbonyl (C=O) groups is 1. The van der Waals surface area contributed by atoms with Crippen LogP contribution >= 0.6 is 0 Å². The molecule has 0 atom stereocenters. The molecule has 7 nitrogen and oxygen atoms in total. The second-order valence-electron chi connectivity index (χ2n) is 7.15. The summed E-state index contributed by atoms with van der Waals surface area (Å²) >= 11 is 0.